The predicted octanol–water partition coefficient (Wildman–Crippen LogP) is 2.73. The predicted molar refractivity (Wildman–Crippen MR) is 54.2 cm³/mol. The van der Waals surface area contributed by atoms with Gasteiger partial charge in [-0.25, -0.2) is 0 Å². The highest BCUT2D eigenvalue weighted by Gasteiger charge is 2.01. The average Bonchev–Trinajstić information content (AvgIpc) is 2.15. The van der Waals surface area contributed by atoms with E-state index < -0.39 is 0 Å². The first-order valence-corrected chi connectivity index (χ1v) is 5.04. The molecule has 0 aliphatic heterocycles. The Morgan fingerprint density at radius 1 is 1.33 bits per heavy atom. The summed E-state index contributed by atoms with van der Waals surface area (Å²) in [7, 11) is 0. The highest BCUT2D eigenvalue weighted by atomic mass is 16.1. The van der Waals surface area contributed by atoms with Crippen LogP contribution in [0.15, 0.2) is 0 Å². The van der Waals surface area contributed by atoms with Gasteiger partial charge in [0.05, 0.1) is 0 Å². The molecule has 1 N–H and O–H groups in total. The fourth-order valence-electron chi connectivity index (χ4n) is 0.952. The minimum Gasteiger partial charge on any atom is -0.356 e. The lowest BCUT2D eigenvalue weighted by Crippen LogP contribution is -2.26. The molecule has 1 unspecified atom stereocenters. The van der Waals surface area contributed by atoms with E-state index in [0.29, 0.717) is 6.04 Å². The van der Waals surface area contributed by atoms with Gasteiger partial charge >= 0.3 is 0 Å². The monoisotopic (exact) mass is 173 g/mol. The molecule has 2 nitrogen and oxygen atoms in total. The van der Waals surface area contributed by atoms with Gasteiger partial charge in [-0.15, -0.1) is 0 Å². The number of amides is 1. The van der Waals surface area contributed by atoms with Crippen molar-refractivity contribution in [3.05, 3.63) is 0 Å². The van der Waals surface area contributed by atoms with E-state index in [9.17, 15) is 4.79 Å². The van der Waals surface area contributed by atoms with Crippen LogP contribution in [-0.4, -0.2) is 12.5 Å². The highest BCUT2D eigenvalue weighted by molar-refractivity contribution is 5.46. The molecule has 0 saturated carbocycles. The van der Waals surface area contributed by atoms with Crippen LogP contribution in [0, 0.1) is 0 Å². The summed E-state index contributed by atoms with van der Waals surface area (Å²) >= 11 is 0. The number of unbranched alkanes of at least 4 members (excludes halogenated alkanes) is 1. The second kappa shape index (κ2) is 13.1. The number of carbonyl (C=O) groups is 1. The van der Waals surface area contributed by atoms with Gasteiger partial charge < -0.3 is 5.32 Å². The number of hydrogen-bond acceptors (Lipinski definition) is 1. The lowest BCUT2D eigenvalue weighted by molar-refractivity contribution is -0.110. The second-order valence-corrected chi connectivity index (χ2v) is 2.53. The van der Waals surface area contributed by atoms with Gasteiger partial charge in [-0.1, -0.05) is 40.5 Å². The molecular weight excluding hydrogens is 150 g/mol. The molecule has 2 heteroatoms. The molecule has 0 aliphatic rings. The lowest BCUT2D eigenvalue weighted by atomic mass is 10.1. The Kier molecular flexibility index (Phi) is 15.3. The van der Waals surface area contributed by atoms with Gasteiger partial charge in [0.2, 0.25) is 6.41 Å². The van der Waals surface area contributed by atoms with E-state index in [2.05, 4.69) is 19.2 Å². The van der Waals surface area contributed by atoms with Gasteiger partial charge in [-0.2, -0.15) is 0 Å². The zero-order valence-corrected chi connectivity index (χ0v) is 8.89. The van der Waals surface area contributed by atoms with Gasteiger partial charge in [0.15, 0.2) is 0 Å². The molecule has 0 spiro atoms. The molecule has 74 valence electrons. The molecule has 12 heavy (non-hydrogen) atoms. The first-order valence-electron chi connectivity index (χ1n) is 5.04. The van der Waals surface area contributed by atoms with Crippen molar-refractivity contribution in [3.8, 4) is 0 Å². The van der Waals surface area contributed by atoms with E-state index in [1.54, 1.807) is 0 Å². The Hall–Kier alpha value is -0.530. The number of hydrogen-bond donors (Lipinski definition) is 1. The number of carbonyl (C=O) groups excluding carboxylic acids is 1. The fourth-order valence-corrected chi connectivity index (χ4v) is 0.952. The van der Waals surface area contributed by atoms with Crippen LogP contribution in [0.4, 0.5) is 0 Å². The lowest BCUT2D eigenvalue weighted by Gasteiger charge is -2.11. The van der Waals surface area contributed by atoms with Crippen molar-refractivity contribution < 1.29 is 4.79 Å². The summed E-state index contributed by atoms with van der Waals surface area (Å²) in [6, 6.07) is 0.400. The first-order chi connectivity index (χ1) is 5.85. The van der Waals surface area contributed by atoms with Crippen molar-refractivity contribution in [1.82, 2.24) is 5.32 Å². The number of rotatable bonds is 6. The third kappa shape index (κ3) is 9.47. The molecule has 0 saturated heterocycles. The standard InChI is InChI=1S/C8H17NO.C2H6/c1-3-5-6-8(4-2)9-7-10;1-2/h7-8H,3-6H2,1-2H3,(H,9,10);1-2H3. The van der Waals surface area contributed by atoms with Crippen molar-refractivity contribution in [3.63, 3.8) is 0 Å². The van der Waals surface area contributed by atoms with Crippen molar-refractivity contribution in [2.24, 2.45) is 0 Å². The van der Waals surface area contributed by atoms with Gasteiger partial charge in [-0.05, 0) is 12.8 Å². The molecule has 0 radical (unpaired) electrons. The zero-order valence-electron chi connectivity index (χ0n) is 8.89. The highest BCUT2D eigenvalue weighted by Crippen LogP contribution is 2.02. The molecule has 0 fully saturated rings. The minimum absolute atomic E-state index is 0.400. The Labute approximate surface area is 76.7 Å². The maximum absolute atomic E-state index is 10.0. The van der Waals surface area contributed by atoms with Crippen molar-refractivity contribution in [1.29, 1.82) is 0 Å². The molecule has 1 amide bonds. The van der Waals surface area contributed by atoms with Gasteiger partial charge in [0.1, 0.15) is 0 Å². The van der Waals surface area contributed by atoms with Crippen LogP contribution >= 0.6 is 0 Å². The summed E-state index contributed by atoms with van der Waals surface area (Å²) in [6.45, 7) is 8.25. The molecule has 0 bridgehead atoms. The normalized spacial score (nSPS) is 11.0. The topological polar surface area (TPSA) is 29.1 Å². The summed E-state index contributed by atoms with van der Waals surface area (Å²) in [4.78, 5) is 10.0. The zero-order chi connectivity index (χ0) is 9.82. The van der Waals surface area contributed by atoms with E-state index >= 15 is 0 Å². The summed E-state index contributed by atoms with van der Waals surface area (Å²) in [5.41, 5.74) is 0. The third-order valence-corrected chi connectivity index (χ3v) is 1.70. The van der Waals surface area contributed by atoms with Crippen molar-refractivity contribution >= 4 is 6.41 Å². The average molecular weight is 173 g/mol. The van der Waals surface area contributed by atoms with Crippen LogP contribution in [0.1, 0.15) is 53.4 Å². The maximum atomic E-state index is 10.0. The van der Waals surface area contributed by atoms with Gasteiger partial charge in [0.25, 0.3) is 0 Å². The Morgan fingerprint density at radius 3 is 2.25 bits per heavy atom. The summed E-state index contributed by atoms with van der Waals surface area (Å²) in [6.07, 6.45) is 5.37. The summed E-state index contributed by atoms with van der Waals surface area (Å²) in [5, 5.41) is 2.79. The molecule has 0 aliphatic carbocycles. The molecule has 0 heterocycles. The molecule has 1 atom stereocenters. The van der Waals surface area contributed by atoms with Crippen LogP contribution in [0.3, 0.4) is 0 Å². The van der Waals surface area contributed by atoms with Crippen LogP contribution in [0.25, 0.3) is 0 Å². The maximum Gasteiger partial charge on any atom is 0.207 e. The van der Waals surface area contributed by atoms with E-state index in [1.165, 1.54) is 12.8 Å². The van der Waals surface area contributed by atoms with Gasteiger partial charge in [-0.3, -0.25) is 4.79 Å². The quantitative estimate of drug-likeness (QED) is 0.615. The number of nitrogens with one attached hydrogen (secondary N) is 1. The van der Waals surface area contributed by atoms with Crippen LogP contribution in [0.2, 0.25) is 0 Å². The van der Waals surface area contributed by atoms with E-state index in [0.717, 1.165) is 19.3 Å². The minimum atomic E-state index is 0.400. The van der Waals surface area contributed by atoms with E-state index in [-0.39, 0.29) is 0 Å². The van der Waals surface area contributed by atoms with Crippen molar-refractivity contribution in [2.45, 2.75) is 59.4 Å². The molecular formula is C10H23NO. The smallest absolute Gasteiger partial charge is 0.207 e. The van der Waals surface area contributed by atoms with Crippen LogP contribution in [0.5, 0.6) is 0 Å². The Bertz CT molecular complexity index is 83.9. The van der Waals surface area contributed by atoms with E-state index in [1.807, 2.05) is 13.8 Å². The van der Waals surface area contributed by atoms with Crippen LogP contribution < -0.4 is 5.32 Å². The van der Waals surface area contributed by atoms with E-state index in [4.69, 9.17) is 0 Å². The summed E-state index contributed by atoms with van der Waals surface area (Å²) < 4.78 is 0. The summed E-state index contributed by atoms with van der Waals surface area (Å²) in [5.74, 6) is 0. The fraction of sp³-hybridized carbons (Fsp3) is 0.900. The molecule has 0 aromatic heterocycles. The SMILES string of the molecule is CC.CCCCC(CC)NC=O. The molecule has 0 aromatic carbocycles. The largest absolute Gasteiger partial charge is 0.356 e. The van der Waals surface area contributed by atoms with Gasteiger partial charge in [0, 0.05) is 6.04 Å². The second-order valence-electron chi connectivity index (χ2n) is 2.53. The third-order valence-electron chi connectivity index (χ3n) is 1.70. The molecule has 0 aromatic rings. The Balaban J connectivity index is 0. The molecule has 0 rings (SSSR count). The first kappa shape index (κ1) is 14.0. The Morgan fingerprint density at radius 2 is 1.92 bits per heavy atom. The van der Waals surface area contributed by atoms with Crippen molar-refractivity contribution in [2.75, 3.05) is 0 Å². The van der Waals surface area contributed by atoms with Crippen LogP contribution in [-0.2, 0) is 4.79 Å².